The Morgan fingerprint density at radius 1 is 0.952 bits per heavy atom. The lowest BCUT2D eigenvalue weighted by atomic mass is 10.0. The van der Waals surface area contributed by atoms with Crippen LogP contribution in [0.5, 0.6) is 5.75 Å². The number of benzene rings is 4. The largest absolute Gasteiger partial charge is 0.487 e. The molecule has 5 aromatic rings. The molecule has 1 aliphatic heterocycles. The molecule has 0 saturated carbocycles. The molecule has 1 fully saturated rings. The fraction of sp³-hybridized carbons (Fsp3) is 0.176. The van der Waals surface area contributed by atoms with E-state index in [1.54, 1.807) is 30.5 Å². The summed E-state index contributed by atoms with van der Waals surface area (Å²) in [6.07, 6.45) is 1.58. The van der Waals surface area contributed by atoms with Gasteiger partial charge in [-0.05, 0) is 78.3 Å². The highest BCUT2D eigenvalue weighted by molar-refractivity contribution is 6.32. The fourth-order valence-corrected chi connectivity index (χ4v) is 5.38. The third-order valence-corrected chi connectivity index (χ3v) is 7.84. The van der Waals surface area contributed by atoms with Crippen molar-refractivity contribution in [3.8, 4) is 22.9 Å². The van der Waals surface area contributed by atoms with Crippen molar-refractivity contribution in [2.24, 2.45) is 0 Å². The first kappa shape index (κ1) is 27.5. The first-order valence-corrected chi connectivity index (χ1v) is 14.2. The van der Waals surface area contributed by atoms with E-state index in [2.05, 4.69) is 69.6 Å². The number of hydrogen-bond donors (Lipinski definition) is 1. The molecule has 0 aliphatic carbocycles. The third kappa shape index (κ3) is 6.01. The highest BCUT2D eigenvalue weighted by Gasteiger charge is 2.15. The number of nitriles is 1. The summed E-state index contributed by atoms with van der Waals surface area (Å²) in [5, 5.41) is 14.5. The average molecular weight is 578 g/mol. The van der Waals surface area contributed by atoms with Gasteiger partial charge in [0.15, 0.2) is 0 Å². The number of halogens is 2. The van der Waals surface area contributed by atoms with Gasteiger partial charge in [0.2, 0.25) is 0 Å². The van der Waals surface area contributed by atoms with Crippen LogP contribution in [0.3, 0.4) is 0 Å². The predicted octanol–water partition coefficient (Wildman–Crippen LogP) is 7.64. The second kappa shape index (κ2) is 12.1. The molecule has 0 amide bonds. The van der Waals surface area contributed by atoms with Crippen molar-refractivity contribution >= 4 is 39.6 Å². The lowest BCUT2D eigenvalue weighted by molar-refractivity contribution is 0.306. The van der Waals surface area contributed by atoms with Crippen LogP contribution in [-0.4, -0.2) is 43.1 Å². The fourth-order valence-electron chi connectivity index (χ4n) is 5.15. The zero-order chi connectivity index (χ0) is 29.1. The van der Waals surface area contributed by atoms with Gasteiger partial charge in [-0.1, -0.05) is 41.9 Å². The molecule has 1 saturated heterocycles. The first-order chi connectivity index (χ1) is 20.5. The van der Waals surface area contributed by atoms with Gasteiger partial charge in [-0.25, -0.2) is 4.39 Å². The summed E-state index contributed by atoms with van der Waals surface area (Å²) in [4.78, 5) is 9.28. The number of hydrogen-bond acceptors (Lipinski definition) is 6. The van der Waals surface area contributed by atoms with Crippen molar-refractivity contribution in [1.82, 2.24) is 9.88 Å². The normalized spacial score (nSPS) is 13.6. The van der Waals surface area contributed by atoms with E-state index in [1.165, 1.54) is 17.8 Å². The summed E-state index contributed by atoms with van der Waals surface area (Å²) in [6.45, 7) is 4.36. The Kier molecular flexibility index (Phi) is 7.91. The van der Waals surface area contributed by atoms with Crippen molar-refractivity contribution < 1.29 is 9.13 Å². The Morgan fingerprint density at radius 3 is 2.48 bits per heavy atom. The quantitative estimate of drug-likeness (QED) is 0.214. The van der Waals surface area contributed by atoms with Crippen LogP contribution < -0.4 is 15.0 Å². The number of ether oxygens (including phenoxy) is 1. The number of fused-ring (bicyclic) bond motifs is 1. The van der Waals surface area contributed by atoms with Gasteiger partial charge in [0.25, 0.3) is 0 Å². The SMILES string of the molecule is CN1CCN(c2ccc(-c3ccc4ncc(C#N)c(Nc5ccc(OCc6cccc(F)c6)c(Cl)c5)c4c3)cc2)CC1. The molecule has 4 aromatic carbocycles. The molecule has 0 spiro atoms. The highest BCUT2D eigenvalue weighted by atomic mass is 35.5. The summed E-state index contributed by atoms with van der Waals surface area (Å²) < 4.78 is 19.3. The maximum absolute atomic E-state index is 13.5. The smallest absolute Gasteiger partial charge is 0.138 e. The van der Waals surface area contributed by atoms with E-state index in [0.29, 0.717) is 33.3 Å². The van der Waals surface area contributed by atoms with Gasteiger partial charge < -0.3 is 19.9 Å². The molecule has 42 heavy (non-hydrogen) atoms. The average Bonchev–Trinajstić information content (AvgIpc) is 3.01. The number of anilines is 3. The molecule has 1 aliphatic rings. The van der Waals surface area contributed by atoms with Crippen molar-refractivity contribution in [1.29, 1.82) is 5.26 Å². The molecule has 8 heteroatoms. The van der Waals surface area contributed by atoms with Crippen LogP contribution in [0, 0.1) is 17.1 Å². The van der Waals surface area contributed by atoms with Crippen molar-refractivity contribution in [3.05, 3.63) is 113 Å². The minimum Gasteiger partial charge on any atom is -0.487 e. The van der Waals surface area contributed by atoms with E-state index in [0.717, 1.165) is 48.2 Å². The highest BCUT2D eigenvalue weighted by Crippen LogP contribution is 2.35. The lowest BCUT2D eigenvalue weighted by Crippen LogP contribution is -2.44. The Balaban J connectivity index is 1.25. The molecule has 1 aromatic heterocycles. The van der Waals surface area contributed by atoms with Gasteiger partial charge in [0.1, 0.15) is 24.2 Å². The van der Waals surface area contributed by atoms with Gasteiger partial charge in [-0.2, -0.15) is 5.26 Å². The molecular weight excluding hydrogens is 549 g/mol. The molecule has 0 unspecified atom stereocenters. The number of pyridine rings is 1. The predicted molar refractivity (Wildman–Crippen MR) is 167 cm³/mol. The molecule has 0 radical (unpaired) electrons. The molecule has 6 rings (SSSR count). The van der Waals surface area contributed by atoms with Crippen LogP contribution in [-0.2, 0) is 6.61 Å². The van der Waals surface area contributed by atoms with Crippen LogP contribution in [0.15, 0.2) is 91.1 Å². The van der Waals surface area contributed by atoms with E-state index in [9.17, 15) is 9.65 Å². The van der Waals surface area contributed by atoms with Gasteiger partial charge in [-0.15, -0.1) is 0 Å². The van der Waals surface area contributed by atoms with Gasteiger partial charge in [-0.3, -0.25) is 4.98 Å². The number of piperazine rings is 1. The summed E-state index contributed by atoms with van der Waals surface area (Å²) in [5.74, 6) is 0.166. The molecule has 1 N–H and O–H groups in total. The number of aromatic nitrogens is 1. The van der Waals surface area contributed by atoms with Crippen molar-refractivity contribution in [2.75, 3.05) is 43.4 Å². The molecular formula is C34H29ClFN5O. The summed E-state index contributed by atoms with van der Waals surface area (Å²) in [5.41, 5.74) is 6.61. The summed E-state index contributed by atoms with van der Waals surface area (Å²) in [7, 11) is 2.16. The number of nitrogens with zero attached hydrogens (tertiary/aromatic N) is 4. The van der Waals surface area contributed by atoms with Crippen LogP contribution in [0.25, 0.3) is 22.0 Å². The Labute approximate surface area is 249 Å². The van der Waals surface area contributed by atoms with Crippen molar-refractivity contribution in [2.45, 2.75) is 6.61 Å². The Hall–Kier alpha value is -4.64. The van der Waals surface area contributed by atoms with Crippen LogP contribution >= 0.6 is 11.6 Å². The molecule has 210 valence electrons. The van der Waals surface area contributed by atoms with Crippen LogP contribution in [0.2, 0.25) is 5.02 Å². The van der Waals surface area contributed by atoms with E-state index in [-0.39, 0.29) is 12.4 Å². The number of nitrogens with one attached hydrogen (secondary N) is 1. The standard InChI is InChI=1S/C34H29ClFN5O/c1-40-13-15-41(16-14-40)29-9-5-24(6-10-29)25-7-11-32-30(18-25)34(26(20-37)21-38-32)39-28-8-12-33(31(35)19-28)42-22-23-3-2-4-27(36)17-23/h2-12,17-19,21H,13-16,22H2,1H3,(H,38,39). The molecule has 2 heterocycles. The van der Waals surface area contributed by atoms with Gasteiger partial charge in [0, 0.05) is 49.1 Å². The molecule has 0 atom stereocenters. The zero-order valence-corrected chi connectivity index (χ0v) is 23.9. The maximum atomic E-state index is 13.5. The first-order valence-electron chi connectivity index (χ1n) is 13.8. The van der Waals surface area contributed by atoms with E-state index in [1.807, 2.05) is 12.1 Å². The topological polar surface area (TPSA) is 64.4 Å². The summed E-state index contributed by atoms with van der Waals surface area (Å²) in [6, 6.07) is 28.6. The number of rotatable bonds is 7. The third-order valence-electron chi connectivity index (χ3n) is 7.54. The molecule has 0 bridgehead atoms. The van der Waals surface area contributed by atoms with Gasteiger partial charge >= 0.3 is 0 Å². The van der Waals surface area contributed by atoms with E-state index >= 15 is 0 Å². The van der Waals surface area contributed by atoms with Crippen LogP contribution in [0.4, 0.5) is 21.5 Å². The van der Waals surface area contributed by atoms with Gasteiger partial charge in [0.05, 0.1) is 21.8 Å². The minimum atomic E-state index is -0.314. The monoisotopic (exact) mass is 577 g/mol. The van der Waals surface area contributed by atoms with E-state index < -0.39 is 0 Å². The van der Waals surface area contributed by atoms with E-state index in [4.69, 9.17) is 16.3 Å². The summed E-state index contributed by atoms with van der Waals surface area (Å²) >= 11 is 6.54. The Morgan fingerprint density at radius 2 is 1.74 bits per heavy atom. The molecule has 6 nitrogen and oxygen atoms in total. The lowest BCUT2D eigenvalue weighted by Gasteiger charge is -2.34. The number of likely N-dealkylation sites (N-methyl/N-ethyl adjacent to an activating group) is 1. The Bertz CT molecular complexity index is 1780. The second-order valence-electron chi connectivity index (χ2n) is 10.4. The van der Waals surface area contributed by atoms with Crippen LogP contribution in [0.1, 0.15) is 11.1 Å². The minimum absolute atomic E-state index is 0.191. The zero-order valence-electron chi connectivity index (χ0n) is 23.1. The second-order valence-corrected chi connectivity index (χ2v) is 10.8. The maximum Gasteiger partial charge on any atom is 0.138 e. The van der Waals surface area contributed by atoms with Crippen molar-refractivity contribution in [3.63, 3.8) is 0 Å².